The molecule has 124 valence electrons. The van der Waals surface area contributed by atoms with Gasteiger partial charge in [0.05, 0.1) is 6.20 Å². The first kappa shape index (κ1) is 16.8. The average Bonchev–Trinajstić information content (AvgIpc) is 2.79. The number of H-pyrrole nitrogens is 1. The van der Waals surface area contributed by atoms with Gasteiger partial charge in [-0.1, -0.05) is 0 Å². The molecule has 0 amide bonds. The predicted octanol–water partition coefficient (Wildman–Crippen LogP) is 2.19. The van der Waals surface area contributed by atoms with E-state index in [9.17, 15) is 22.8 Å². The maximum atomic E-state index is 13.2. The number of hydrogen-bond acceptors (Lipinski definition) is 4. The summed E-state index contributed by atoms with van der Waals surface area (Å²) in [6, 6.07) is 1.48. The first-order valence-corrected chi connectivity index (χ1v) is 6.56. The van der Waals surface area contributed by atoms with E-state index in [4.69, 9.17) is 0 Å². The van der Waals surface area contributed by atoms with Gasteiger partial charge in [-0.3, -0.25) is 9.48 Å². The summed E-state index contributed by atoms with van der Waals surface area (Å²) in [5.74, 6) is -1.34. The third-order valence-corrected chi connectivity index (χ3v) is 3.12. The topological polar surface area (TPSA) is 77.0 Å². The first-order valence-electron chi connectivity index (χ1n) is 6.56. The van der Waals surface area contributed by atoms with Crippen LogP contribution in [0.15, 0.2) is 23.3 Å². The quantitative estimate of drug-likeness (QED) is 0.876. The van der Waals surface area contributed by atoms with Gasteiger partial charge in [0, 0.05) is 24.5 Å². The lowest BCUT2D eigenvalue weighted by atomic mass is 10.1. The Morgan fingerprint density at radius 3 is 2.52 bits per heavy atom. The monoisotopic (exact) mass is 329 g/mol. The number of aryl methyl sites for hydroxylation is 3. The van der Waals surface area contributed by atoms with E-state index in [2.05, 4.69) is 14.8 Å². The number of aromatic nitrogens is 3. The molecule has 23 heavy (non-hydrogen) atoms. The smallest absolute Gasteiger partial charge is 0.429 e. The van der Waals surface area contributed by atoms with E-state index in [0.717, 1.165) is 17.1 Å². The molecule has 0 aromatic carbocycles. The van der Waals surface area contributed by atoms with E-state index in [1.54, 1.807) is 6.92 Å². The molecule has 1 atom stereocenters. The first-order chi connectivity index (χ1) is 10.6. The zero-order valence-corrected chi connectivity index (χ0v) is 12.6. The minimum atomic E-state index is -4.83. The Labute approximate surface area is 128 Å². The molecule has 0 spiro atoms. The number of nitrogens with one attached hydrogen (secondary N) is 1. The third-order valence-electron chi connectivity index (χ3n) is 3.12. The van der Waals surface area contributed by atoms with Crippen LogP contribution in [0.5, 0.6) is 0 Å². The second-order valence-electron chi connectivity index (χ2n) is 5.11. The second kappa shape index (κ2) is 5.90. The summed E-state index contributed by atoms with van der Waals surface area (Å²) in [5.41, 5.74) is -0.838. The number of halogens is 3. The molecule has 0 saturated heterocycles. The lowest BCUT2D eigenvalue weighted by Gasteiger charge is -2.19. The highest BCUT2D eigenvalue weighted by atomic mass is 19.4. The fourth-order valence-electron chi connectivity index (χ4n) is 2.17. The fourth-order valence-corrected chi connectivity index (χ4v) is 2.17. The SMILES string of the molecule is Cc1cc(C)c(C(=O)O[C@H](c2cnn(C)c2)C(F)(F)F)c(=O)[nH]1. The Hall–Kier alpha value is -2.58. The van der Waals surface area contributed by atoms with Crippen molar-refractivity contribution in [2.45, 2.75) is 26.1 Å². The molecular formula is C14H14F3N3O3. The highest BCUT2D eigenvalue weighted by Crippen LogP contribution is 2.36. The van der Waals surface area contributed by atoms with Gasteiger partial charge in [-0.2, -0.15) is 18.3 Å². The Kier molecular flexibility index (Phi) is 4.31. The summed E-state index contributed by atoms with van der Waals surface area (Å²) >= 11 is 0. The highest BCUT2D eigenvalue weighted by molar-refractivity contribution is 5.90. The number of aromatic amines is 1. The van der Waals surface area contributed by atoms with E-state index >= 15 is 0 Å². The minimum Gasteiger partial charge on any atom is -0.444 e. The number of carbonyl (C=O) groups excluding carboxylic acids is 1. The van der Waals surface area contributed by atoms with Crippen LogP contribution in [0.3, 0.4) is 0 Å². The van der Waals surface area contributed by atoms with E-state index in [-0.39, 0.29) is 11.1 Å². The van der Waals surface area contributed by atoms with Gasteiger partial charge >= 0.3 is 12.1 Å². The summed E-state index contributed by atoms with van der Waals surface area (Å²) in [6.07, 6.45) is -5.27. The molecule has 0 bridgehead atoms. The van der Waals surface area contributed by atoms with Gasteiger partial charge in [0.25, 0.3) is 5.56 Å². The van der Waals surface area contributed by atoms with Crippen LogP contribution in [0.1, 0.15) is 33.3 Å². The van der Waals surface area contributed by atoms with Gasteiger partial charge < -0.3 is 9.72 Å². The molecule has 0 radical (unpaired) electrons. The van der Waals surface area contributed by atoms with Crippen molar-refractivity contribution in [3.05, 3.63) is 51.2 Å². The van der Waals surface area contributed by atoms with Crippen molar-refractivity contribution in [2.75, 3.05) is 0 Å². The molecule has 1 N–H and O–H groups in total. The van der Waals surface area contributed by atoms with Crippen molar-refractivity contribution in [3.8, 4) is 0 Å². The summed E-state index contributed by atoms with van der Waals surface area (Å²) < 4.78 is 45.2. The predicted molar refractivity (Wildman–Crippen MR) is 74.0 cm³/mol. The van der Waals surface area contributed by atoms with Gasteiger partial charge in [-0.25, -0.2) is 4.79 Å². The molecule has 0 fully saturated rings. The van der Waals surface area contributed by atoms with Crippen LogP contribution < -0.4 is 5.56 Å². The molecule has 0 saturated carbocycles. The molecule has 0 aliphatic heterocycles. The van der Waals surface area contributed by atoms with Gasteiger partial charge in [0.2, 0.25) is 6.10 Å². The number of nitrogens with zero attached hydrogens (tertiary/aromatic N) is 2. The van der Waals surface area contributed by atoms with Crippen LogP contribution in [0.2, 0.25) is 0 Å². The number of pyridine rings is 1. The van der Waals surface area contributed by atoms with Gasteiger partial charge in [0.1, 0.15) is 5.56 Å². The molecule has 2 aromatic heterocycles. The fraction of sp³-hybridized carbons (Fsp3) is 0.357. The number of ether oxygens (including phenoxy) is 1. The largest absolute Gasteiger partial charge is 0.444 e. The molecule has 2 rings (SSSR count). The van der Waals surface area contributed by atoms with Crippen LogP contribution >= 0.6 is 0 Å². The van der Waals surface area contributed by atoms with Crippen LogP contribution in [-0.4, -0.2) is 26.9 Å². The van der Waals surface area contributed by atoms with Crippen LogP contribution in [0.25, 0.3) is 0 Å². The second-order valence-corrected chi connectivity index (χ2v) is 5.11. The maximum Gasteiger partial charge on any atom is 0.429 e. The van der Waals surface area contributed by atoms with Crippen molar-refractivity contribution in [2.24, 2.45) is 7.05 Å². The van der Waals surface area contributed by atoms with E-state index in [1.165, 1.54) is 20.0 Å². The zero-order chi connectivity index (χ0) is 17.4. The van der Waals surface area contributed by atoms with Crippen molar-refractivity contribution < 1.29 is 22.7 Å². The number of carbonyl (C=O) groups is 1. The number of hydrogen-bond donors (Lipinski definition) is 1. The maximum absolute atomic E-state index is 13.2. The van der Waals surface area contributed by atoms with Crippen molar-refractivity contribution in [1.82, 2.24) is 14.8 Å². The summed E-state index contributed by atoms with van der Waals surface area (Å²) in [4.78, 5) is 26.2. The van der Waals surface area contributed by atoms with Crippen LogP contribution in [0, 0.1) is 13.8 Å². The molecular weight excluding hydrogens is 315 g/mol. The normalized spacial score (nSPS) is 13.0. The number of alkyl halides is 3. The van der Waals surface area contributed by atoms with E-state index < -0.39 is 29.4 Å². The number of rotatable bonds is 3. The molecule has 0 aliphatic rings. The molecule has 2 aromatic rings. The lowest BCUT2D eigenvalue weighted by Crippen LogP contribution is -2.29. The molecule has 9 heteroatoms. The Morgan fingerprint density at radius 1 is 1.39 bits per heavy atom. The number of esters is 1. The summed E-state index contributed by atoms with van der Waals surface area (Å²) in [5, 5.41) is 3.64. The summed E-state index contributed by atoms with van der Waals surface area (Å²) in [6.45, 7) is 3.04. The standard InChI is InChI=1S/C14H14F3N3O3/c1-7-4-8(2)19-12(21)10(7)13(22)23-11(14(15,16)17)9-5-18-20(3)6-9/h4-6,11H,1-3H3,(H,19,21)/t11-/m1/s1. The Bertz CT molecular complexity index is 793. The van der Waals surface area contributed by atoms with Crippen molar-refractivity contribution in [1.29, 1.82) is 0 Å². The van der Waals surface area contributed by atoms with E-state index in [1.807, 2.05) is 0 Å². The van der Waals surface area contributed by atoms with Crippen LogP contribution in [-0.2, 0) is 11.8 Å². The van der Waals surface area contributed by atoms with Gasteiger partial charge in [0.15, 0.2) is 0 Å². The van der Waals surface area contributed by atoms with Gasteiger partial charge in [-0.15, -0.1) is 0 Å². The van der Waals surface area contributed by atoms with Crippen molar-refractivity contribution in [3.63, 3.8) is 0 Å². The lowest BCUT2D eigenvalue weighted by molar-refractivity contribution is -0.207. The van der Waals surface area contributed by atoms with Crippen LogP contribution in [0.4, 0.5) is 13.2 Å². The minimum absolute atomic E-state index is 0.239. The third kappa shape index (κ3) is 3.61. The molecule has 0 unspecified atom stereocenters. The van der Waals surface area contributed by atoms with Crippen molar-refractivity contribution >= 4 is 5.97 Å². The van der Waals surface area contributed by atoms with E-state index in [0.29, 0.717) is 5.69 Å². The highest BCUT2D eigenvalue weighted by Gasteiger charge is 2.45. The van der Waals surface area contributed by atoms with Gasteiger partial charge in [-0.05, 0) is 25.5 Å². The Balaban J connectivity index is 2.38. The molecule has 2 heterocycles. The molecule has 0 aliphatic carbocycles. The summed E-state index contributed by atoms with van der Waals surface area (Å²) in [7, 11) is 1.44. The molecule has 6 nitrogen and oxygen atoms in total. The Morgan fingerprint density at radius 2 is 2.04 bits per heavy atom. The zero-order valence-electron chi connectivity index (χ0n) is 12.6. The average molecular weight is 329 g/mol.